The zero-order valence-electron chi connectivity index (χ0n) is 27.7. The third-order valence-corrected chi connectivity index (χ3v) is 10.2. The molecule has 0 saturated carbocycles. The summed E-state index contributed by atoms with van der Waals surface area (Å²) >= 11 is 0. The number of carbonyl (C=O) groups is 1. The second-order valence-corrected chi connectivity index (χ2v) is 13.7. The van der Waals surface area contributed by atoms with Gasteiger partial charge in [-0.1, -0.05) is 6.07 Å². The number of ether oxygens (including phenoxy) is 2. The van der Waals surface area contributed by atoms with Crippen LogP contribution in [0.15, 0.2) is 30.5 Å². The van der Waals surface area contributed by atoms with Gasteiger partial charge >= 0.3 is 12.1 Å². The van der Waals surface area contributed by atoms with Crippen molar-refractivity contribution < 1.29 is 37.7 Å². The van der Waals surface area contributed by atoms with E-state index in [1.54, 1.807) is 14.0 Å². The Kier molecular flexibility index (Phi) is 8.42. The summed E-state index contributed by atoms with van der Waals surface area (Å²) in [5.74, 6) is -3.21. The van der Waals surface area contributed by atoms with E-state index in [4.69, 9.17) is 14.5 Å². The summed E-state index contributed by atoms with van der Waals surface area (Å²) in [4.78, 5) is 31.6. The van der Waals surface area contributed by atoms with Gasteiger partial charge in [0.1, 0.15) is 29.4 Å². The first-order valence-corrected chi connectivity index (χ1v) is 16.7. The fourth-order valence-corrected chi connectivity index (χ4v) is 7.59. The molecule has 0 unspecified atom stereocenters. The molecule has 3 saturated heterocycles. The van der Waals surface area contributed by atoms with Crippen LogP contribution in [0.25, 0.3) is 32.9 Å². The Morgan fingerprint density at radius 1 is 1.10 bits per heavy atom. The van der Waals surface area contributed by atoms with E-state index in [-0.39, 0.29) is 57.8 Å². The number of pyridine rings is 1. The number of aromatic nitrogens is 3. The van der Waals surface area contributed by atoms with E-state index in [9.17, 15) is 19.4 Å². The molecule has 0 bridgehead atoms. The molecule has 5 heterocycles. The van der Waals surface area contributed by atoms with Crippen LogP contribution in [0.3, 0.4) is 0 Å². The van der Waals surface area contributed by atoms with Gasteiger partial charge in [0, 0.05) is 56.8 Å². The van der Waals surface area contributed by atoms with E-state index < -0.39 is 40.9 Å². The lowest BCUT2D eigenvalue weighted by molar-refractivity contribution is -0.0331. The molecule has 4 aromatic rings. The number of nitrogens with zero attached hydrogens (tertiary/aromatic N) is 6. The van der Waals surface area contributed by atoms with E-state index >= 15 is 8.78 Å². The molecule has 2 N–H and O–H groups in total. The van der Waals surface area contributed by atoms with Gasteiger partial charge in [-0.05, 0) is 69.5 Å². The van der Waals surface area contributed by atoms with Crippen molar-refractivity contribution in [3.63, 3.8) is 0 Å². The van der Waals surface area contributed by atoms with Crippen LogP contribution in [0, 0.1) is 17.5 Å². The number of piperidine rings is 1. The Morgan fingerprint density at radius 3 is 2.67 bits per heavy atom. The molecule has 3 fully saturated rings. The highest BCUT2D eigenvalue weighted by atomic mass is 19.2. The Bertz CT molecular complexity index is 1950. The number of amides is 1. The van der Waals surface area contributed by atoms with Crippen LogP contribution < -0.4 is 9.64 Å². The van der Waals surface area contributed by atoms with Gasteiger partial charge in [-0.3, -0.25) is 9.88 Å². The number of β-amino-alcohol motifs (C(OH)–C–C–N with tert-alkyl or cyclic N) is 1. The molecule has 3 aliphatic heterocycles. The monoisotopic (exact) mass is 680 g/mol. The maximum absolute atomic E-state index is 16.7. The molecular formula is C35H39F3N6O5. The van der Waals surface area contributed by atoms with Gasteiger partial charge in [0.25, 0.3) is 0 Å². The highest BCUT2D eigenvalue weighted by Crippen LogP contribution is 2.44. The molecule has 0 spiro atoms. The topological polar surface area (TPSA) is 124 Å². The fourth-order valence-electron chi connectivity index (χ4n) is 7.59. The number of benzene rings is 2. The number of fused-ring (bicyclic) bond motifs is 3. The van der Waals surface area contributed by atoms with E-state index in [1.165, 1.54) is 23.2 Å². The van der Waals surface area contributed by atoms with Gasteiger partial charge in [-0.2, -0.15) is 9.97 Å². The van der Waals surface area contributed by atoms with Gasteiger partial charge in [-0.15, -0.1) is 0 Å². The van der Waals surface area contributed by atoms with E-state index in [0.717, 1.165) is 31.5 Å². The molecule has 2 aromatic heterocycles. The molecule has 0 aliphatic carbocycles. The number of phenols is 1. The minimum atomic E-state index is -1.20. The molecule has 49 heavy (non-hydrogen) atoms. The number of aliphatic hydroxyl groups is 1. The van der Waals surface area contributed by atoms with Gasteiger partial charge in [0.2, 0.25) is 0 Å². The largest absolute Gasteiger partial charge is 0.508 e. The summed E-state index contributed by atoms with van der Waals surface area (Å²) in [5.41, 5.74) is -2.10. The predicted molar refractivity (Wildman–Crippen MR) is 176 cm³/mol. The van der Waals surface area contributed by atoms with Crippen molar-refractivity contribution in [3.8, 4) is 23.0 Å². The Hall–Kier alpha value is -4.43. The summed E-state index contributed by atoms with van der Waals surface area (Å²) < 4.78 is 58.4. The van der Waals surface area contributed by atoms with Crippen molar-refractivity contribution in [2.45, 2.75) is 69.7 Å². The molecular weight excluding hydrogens is 641 g/mol. The lowest BCUT2D eigenvalue weighted by Crippen LogP contribution is -2.48. The van der Waals surface area contributed by atoms with Gasteiger partial charge in [0.05, 0.1) is 16.5 Å². The van der Waals surface area contributed by atoms with Crippen molar-refractivity contribution in [1.29, 1.82) is 0 Å². The predicted octanol–water partition coefficient (Wildman–Crippen LogP) is 5.74. The van der Waals surface area contributed by atoms with Crippen LogP contribution in [-0.2, 0) is 4.74 Å². The van der Waals surface area contributed by atoms with Crippen molar-refractivity contribution >= 4 is 33.6 Å². The van der Waals surface area contributed by atoms with Gasteiger partial charge < -0.3 is 29.5 Å². The number of anilines is 1. The zero-order valence-corrected chi connectivity index (χ0v) is 27.7. The molecule has 1 amide bonds. The summed E-state index contributed by atoms with van der Waals surface area (Å²) in [5, 5.41) is 21.5. The van der Waals surface area contributed by atoms with Crippen molar-refractivity contribution in [1.82, 2.24) is 24.8 Å². The lowest BCUT2D eigenvalue weighted by Gasteiger charge is -2.38. The first-order valence-electron chi connectivity index (χ1n) is 16.7. The van der Waals surface area contributed by atoms with Crippen molar-refractivity contribution in [2.75, 3.05) is 44.7 Å². The quantitative estimate of drug-likeness (QED) is 0.250. The molecule has 14 heteroatoms. The normalized spacial score (nSPS) is 24.1. The van der Waals surface area contributed by atoms with Crippen molar-refractivity contribution in [2.24, 2.45) is 0 Å². The zero-order chi connectivity index (χ0) is 34.7. The Balaban J connectivity index is 1.29. The number of hydrogen-bond donors (Lipinski definition) is 2. The third kappa shape index (κ3) is 5.94. The van der Waals surface area contributed by atoms with Crippen LogP contribution in [0.5, 0.6) is 11.8 Å². The van der Waals surface area contributed by atoms with E-state index in [0.29, 0.717) is 44.6 Å². The minimum Gasteiger partial charge on any atom is -0.508 e. The van der Waals surface area contributed by atoms with Crippen LogP contribution in [0.2, 0.25) is 0 Å². The molecule has 3 aliphatic rings. The average Bonchev–Trinajstić information content (AvgIpc) is 3.64. The number of aromatic hydroxyl groups is 1. The fraction of sp³-hybridized carbons (Fsp3) is 0.486. The Labute approximate surface area is 281 Å². The average molecular weight is 681 g/mol. The lowest BCUT2D eigenvalue weighted by atomic mass is 9.95. The maximum Gasteiger partial charge on any atom is 0.411 e. The first-order chi connectivity index (χ1) is 23.4. The first kappa shape index (κ1) is 33.1. The Morgan fingerprint density at radius 2 is 1.90 bits per heavy atom. The summed E-state index contributed by atoms with van der Waals surface area (Å²) in [6, 6.07) is 4.53. The van der Waals surface area contributed by atoms with Crippen LogP contribution in [-0.4, -0.2) is 98.3 Å². The number of halogens is 3. The molecule has 11 nitrogen and oxygen atoms in total. The van der Waals surface area contributed by atoms with Gasteiger partial charge in [0.15, 0.2) is 23.7 Å². The maximum atomic E-state index is 16.7. The van der Waals surface area contributed by atoms with Crippen LogP contribution in [0.1, 0.15) is 52.4 Å². The number of hydrogen-bond acceptors (Lipinski definition) is 10. The SMILES string of the molecule is CCN(C)C(=O)O[C@H]1CC[C@@]2(COc3nc(N4CCC[C@@](C)(O)C4)c4cnc(-c5cc(O)cc6ccc(F)c(F)c56)c(F)c4n3)CCCN12. The number of carbonyl (C=O) groups excluding carboxylic acids is 1. The molecule has 2 aromatic carbocycles. The summed E-state index contributed by atoms with van der Waals surface area (Å²) in [6.07, 6.45) is 4.85. The minimum absolute atomic E-state index is 0.103. The van der Waals surface area contributed by atoms with Crippen molar-refractivity contribution in [3.05, 3.63) is 47.9 Å². The second kappa shape index (κ2) is 12.5. The van der Waals surface area contributed by atoms with Gasteiger partial charge in [-0.25, -0.2) is 18.0 Å². The second-order valence-electron chi connectivity index (χ2n) is 13.7. The summed E-state index contributed by atoms with van der Waals surface area (Å²) in [6.45, 7) is 5.77. The number of phenolic OH excluding ortho intramolecular Hbond substituents is 1. The van der Waals surface area contributed by atoms with E-state index in [2.05, 4.69) is 14.9 Å². The molecule has 7 rings (SSSR count). The molecule has 260 valence electrons. The smallest absolute Gasteiger partial charge is 0.411 e. The summed E-state index contributed by atoms with van der Waals surface area (Å²) in [7, 11) is 1.69. The molecule has 0 radical (unpaired) electrons. The van der Waals surface area contributed by atoms with E-state index in [1.807, 2.05) is 11.8 Å². The highest BCUT2D eigenvalue weighted by molar-refractivity contribution is 6.00. The van der Waals surface area contributed by atoms with Crippen LogP contribution in [0.4, 0.5) is 23.8 Å². The molecule has 3 atom stereocenters. The third-order valence-electron chi connectivity index (χ3n) is 10.2. The number of rotatable bonds is 7. The van der Waals surface area contributed by atoms with Crippen LogP contribution >= 0.6 is 0 Å². The highest BCUT2D eigenvalue weighted by Gasteiger charge is 2.51. The standard InChI is InChI=1S/C35H39F3N6O5/c1-4-42(3)33(46)49-25-9-12-35(11-6-14-44(25)35)19-48-32-40-30-23(31(41-32)43-13-5-10-34(2,47)18-43)17-39-29(28(30)38)22-16-21(45)15-20-7-8-24(36)27(37)26(20)22/h7-8,15-17,25,45,47H,4-6,9-14,18-19H2,1-3H3/t25-,34+,35+/m0/s1.